The Bertz CT molecular complexity index is 1150. The fourth-order valence-electron chi connectivity index (χ4n) is 2.76. The first-order chi connectivity index (χ1) is 15.0. The van der Waals surface area contributed by atoms with E-state index in [1.807, 2.05) is 60.0 Å². The zero-order chi connectivity index (χ0) is 22.2. The summed E-state index contributed by atoms with van der Waals surface area (Å²) in [6.45, 7) is 1.51. The molecule has 0 atom stereocenters. The first-order valence-electron chi connectivity index (χ1n) is 9.42. The third kappa shape index (κ3) is 6.04. The van der Waals surface area contributed by atoms with Crippen molar-refractivity contribution in [2.75, 3.05) is 18.2 Å². The van der Waals surface area contributed by atoms with Gasteiger partial charge in [0.1, 0.15) is 4.88 Å². The van der Waals surface area contributed by atoms with Gasteiger partial charge in [-0.05, 0) is 23.3 Å². The van der Waals surface area contributed by atoms with Crippen molar-refractivity contribution in [1.29, 1.82) is 0 Å². The van der Waals surface area contributed by atoms with E-state index < -0.39 is 0 Å². The van der Waals surface area contributed by atoms with Gasteiger partial charge in [-0.15, -0.1) is 22.7 Å². The van der Waals surface area contributed by atoms with Gasteiger partial charge >= 0.3 is 5.97 Å². The molecule has 7 heteroatoms. The van der Waals surface area contributed by atoms with Crippen LogP contribution in [-0.4, -0.2) is 19.0 Å². The van der Waals surface area contributed by atoms with Gasteiger partial charge in [0.15, 0.2) is 0 Å². The zero-order valence-electron chi connectivity index (χ0n) is 17.1. The number of nitrogen functional groups attached to an aromatic ring is 1. The summed E-state index contributed by atoms with van der Waals surface area (Å²) in [4.78, 5) is 24.8. The Labute approximate surface area is 189 Å². The van der Waals surface area contributed by atoms with Gasteiger partial charge in [-0.2, -0.15) is 0 Å². The van der Waals surface area contributed by atoms with Gasteiger partial charge in [-0.25, -0.2) is 4.79 Å². The Kier molecular flexibility index (Phi) is 7.59. The third-order valence-electron chi connectivity index (χ3n) is 4.17. The second-order valence-corrected chi connectivity index (χ2v) is 8.46. The number of ether oxygens (including phenoxy) is 1. The molecule has 0 radical (unpaired) electrons. The average molecular weight is 451 g/mol. The molecule has 158 valence electrons. The summed E-state index contributed by atoms with van der Waals surface area (Å²) >= 11 is 2.98. The molecule has 0 unspecified atom stereocenters. The Morgan fingerprint density at radius 1 is 0.903 bits per heavy atom. The van der Waals surface area contributed by atoms with Gasteiger partial charge in [-0.3, -0.25) is 4.79 Å². The molecule has 0 aliphatic heterocycles. The summed E-state index contributed by atoms with van der Waals surface area (Å²) in [6.07, 6.45) is 0. The number of esters is 1. The summed E-state index contributed by atoms with van der Waals surface area (Å²) in [5.74, 6) is -0.419. The minimum absolute atomic E-state index is 0.0348. The normalized spacial score (nSPS) is 10.0. The Morgan fingerprint density at radius 3 is 2.03 bits per heavy atom. The topological polar surface area (TPSA) is 81.4 Å². The molecule has 3 N–H and O–H groups in total. The quantitative estimate of drug-likeness (QED) is 0.365. The molecule has 1 amide bonds. The molecule has 4 aromatic rings. The number of hydrogen-bond donors (Lipinski definition) is 2. The van der Waals surface area contributed by atoms with E-state index in [9.17, 15) is 9.59 Å². The van der Waals surface area contributed by atoms with Crippen molar-refractivity contribution in [3.8, 4) is 20.9 Å². The number of rotatable bonds is 4. The molecule has 4 rings (SSSR count). The van der Waals surface area contributed by atoms with Crippen LogP contribution in [0.15, 0.2) is 78.2 Å². The van der Waals surface area contributed by atoms with Crippen molar-refractivity contribution in [2.24, 2.45) is 0 Å². The summed E-state index contributed by atoms with van der Waals surface area (Å²) in [7, 11) is 1.35. The summed E-state index contributed by atoms with van der Waals surface area (Å²) < 4.78 is 4.66. The van der Waals surface area contributed by atoms with E-state index in [1.54, 1.807) is 17.4 Å². The van der Waals surface area contributed by atoms with Crippen LogP contribution in [0.2, 0.25) is 0 Å². The van der Waals surface area contributed by atoms with Crippen LogP contribution in [0.5, 0.6) is 0 Å². The number of nitrogens with two attached hydrogens (primary N) is 1. The first kappa shape index (κ1) is 22.3. The van der Waals surface area contributed by atoms with Crippen LogP contribution in [0.3, 0.4) is 0 Å². The molecule has 0 fully saturated rings. The fraction of sp³-hybridized carbons (Fsp3) is 0.0833. The first-order valence-corrected chi connectivity index (χ1v) is 11.1. The largest absolute Gasteiger partial charge is 0.465 e. The number of amides is 1. The Balaban J connectivity index is 0.000000176. The van der Waals surface area contributed by atoms with E-state index in [1.165, 1.54) is 35.8 Å². The molecule has 0 saturated carbocycles. The number of hydrogen-bond acceptors (Lipinski definition) is 6. The summed E-state index contributed by atoms with van der Waals surface area (Å²) in [5.41, 5.74) is 9.33. The molecule has 31 heavy (non-hydrogen) atoms. The molecule has 0 saturated heterocycles. The molecule has 2 aromatic heterocycles. The maximum absolute atomic E-state index is 11.4. The maximum Gasteiger partial charge on any atom is 0.350 e. The van der Waals surface area contributed by atoms with E-state index in [2.05, 4.69) is 22.2 Å². The van der Waals surface area contributed by atoms with Crippen LogP contribution in [0.25, 0.3) is 20.9 Å². The van der Waals surface area contributed by atoms with Gasteiger partial charge in [0.05, 0.1) is 18.5 Å². The standard InChI is InChI=1S/C12H11NO2S.C12H11NOS/c1-15-12(14)11-9(13)7-10(16-11)8-5-3-2-4-6-8;1-9(14)13-11-7-12(15-8-11)10-5-3-2-4-6-10/h2-7H,13H2,1H3;2-8H,1H3,(H,13,14). The van der Waals surface area contributed by atoms with Crippen LogP contribution in [-0.2, 0) is 9.53 Å². The van der Waals surface area contributed by atoms with Crippen LogP contribution < -0.4 is 11.1 Å². The second kappa shape index (κ2) is 10.6. The lowest BCUT2D eigenvalue weighted by Crippen LogP contribution is -2.04. The van der Waals surface area contributed by atoms with E-state index in [-0.39, 0.29) is 11.9 Å². The van der Waals surface area contributed by atoms with Gasteiger partial charge < -0.3 is 15.8 Å². The van der Waals surface area contributed by atoms with Crippen molar-refractivity contribution >= 4 is 45.9 Å². The van der Waals surface area contributed by atoms with Gasteiger partial charge in [-0.1, -0.05) is 60.7 Å². The van der Waals surface area contributed by atoms with Crippen molar-refractivity contribution < 1.29 is 14.3 Å². The van der Waals surface area contributed by atoms with Crippen LogP contribution in [0.1, 0.15) is 16.6 Å². The smallest absolute Gasteiger partial charge is 0.350 e. The number of anilines is 2. The van der Waals surface area contributed by atoms with Crippen LogP contribution >= 0.6 is 22.7 Å². The maximum atomic E-state index is 11.4. The number of nitrogens with one attached hydrogen (secondary N) is 1. The van der Waals surface area contributed by atoms with E-state index in [0.29, 0.717) is 10.6 Å². The molecule has 0 aliphatic rings. The lowest BCUT2D eigenvalue weighted by atomic mass is 10.2. The summed E-state index contributed by atoms with van der Waals surface area (Å²) in [6, 6.07) is 23.7. The average Bonchev–Trinajstić information content (AvgIpc) is 3.41. The molecule has 2 heterocycles. The van der Waals surface area contributed by atoms with E-state index in [4.69, 9.17) is 5.73 Å². The van der Waals surface area contributed by atoms with Gasteiger partial charge in [0.25, 0.3) is 0 Å². The van der Waals surface area contributed by atoms with E-state index >= 15 is 0 Å². The molecular formula is C24H22N2O3S2. The number of thiophene rings is 2. The highest BCUT2D eigenvalue weighted by atomic mass is 32.1. The third-order valence-corrected chi connectivity index (χ3v) is 6.33. The predicted octanol–water partition coefficient (Wildman–Crippen LogP) is 6.16. The van der Waals surface area contributed by atoms with Crippen LogP contribution in [0, 0.1) is 0 Å². The molecule has 0 bridgehead atoms. The van der Waals surface area contributed by atoms with Crippen molar-refractivity contribution in [3.63, 3.8) is 0 Å². The predicted molar refractivity (Wildman–Crippen MR) is 130 cm³/mol. The second-order valence-electron chi connectivity index (χ2n) is 6.50. The minimum atomic E-state index is -0.385. The minimum Gasteiger partial charge on any atom is -0.465 e. The SMILES string of the molecule is CC(=O)Nc1csc(-c2ccccc2)c1.COC(=O)c1sc(-c2ccccc2)cc1N. The molecular weight excluding hydrogens is 428 g/mol. The monoisotopic (exact) mass is 450 g/mol. The number of benzene rings is 2. The molecule has 2 aromatic carbocycles. The van der Waals surface area contributed by atoms with Crippen molar-refractivity contribution in [1.82, 2.24) is 0 Å². The number of methoxy groups -OCH3 is 1. The molecule has 5 nitrogen and oxygen atoms in total. The fourth-order valence-corrected chi connectivity index (χ4v) is 4.61. The summed E-state index contributed by atoms with van der Waals surface area (Å²) in [5, 5.41) is 4.71. The van der Waals surface area contributed by atoms with Gasteiger partial charge in [0, 0.05) is 22.1 Å². The highest BCUT2D eigenvalue weighted by Crippen LogP contribution is 2.33. The molecule has 0 aliphatic carbocycles. The molecule has 0 spiro atoms. The van der Waals surface area contributed by atoms with E-state index in [0.717, 1.165) is 16.1 Å². The highest BCUT2D eigenvalue weighted by molar-refractivity contribution is 7.18. The van der Waals surface area contributed by atoms with Crippen LogP contribution in [0.4, 0.5) is 11.4 Å². The lowest BCUT2D eigenvalue weighted by Gasteiger charge is -1.96. The Morgan fingerprint density at radius 2 is 1.48 bits per heavy atom. The zero-order valence-corrected chi connectivity index (χ0v) is 18.8. The Hall–Kier alpha value is -3.42. The van der Waals surface area contributed by atoms with Crippen molar-refractivity contribution in [2.45, 2.75) is 6.92 Å². The number of carbonyl (C=O) groups is 2. The highest BCUT2D eigenvalue weighted by Gasteiger charge is 2.15. The van der Waals surface area contributed by atoms with Crippen molar-refractivity contribution in [3.05, 3.63) is 83.1 Å². The number of carbonyl (C=O) groups excluding carboxylic acids is 2. The van der Waals surface area contributed by atoms with Gasteiger partial charge in [0.2, 0.25) is 5.91 Å². The lowest BCUT2D eigenvalue weighted by molar-refractivity contribution is -0.114.